The Morgan fingerprint density at radius 3 is 2.92 bits per heavy atom. The van der Waals surface area contributed by atoms with Crippen LogP contribution in [0.1, 0.15) is 16.9 Å². The van der Waals surface area contributed by atoms with Gasteiger partial charge in [-0.1, -0.05) is 23.8 Å². The van der Waals surface area contributed by atoms with Gasteiger partial charge in [-0.2, -0.15) is 5.10 Å². The van der Waals surface area contributed by atoms with E-state index in [0.29, 0.717) is 24.3 Å². The molecule has 3 rings (SSSR count). The summed E-state index contributed by atoms with van der Waals surface area (Å²) >= 11 is 10.4. The SMILES string of the molecule is Cc1cccc(-c2n[nH]c(=S)n2CCC(=O)N(C)Cc2cc(Br)cs2)c1. The van der Waals surface area contributed by atoms with Gasteiger partial charge in [0.05, 0.1) is 6.54 Å². The zero-order valence-corrected chi connectivity index (χ0v) is 17.7. The second-order valence-electron chi connectivity index (χ2n) is 6.10. The maximum Gasteiger partial charge on any atom is 0.224 e. The number of aromatic nitrogens is 3. The molecule has 0 saturated carbocycles. The van der Waals surface area contributed by atoms with Crippen LogP contribution in [0.25, 0.3) is 11.4 Å². The highest BCUT2D eigenvalue weighted by molar-refractivity contribution is 9.10. The lowest BCUT2D eigenvalue weighted by Gasteiger charge is -2.16. The Bertz CT molecular complexity index is 975. The van der Waals surface area contributed by atoms with Crippen LogP contribution in [-0.2, 0) is 17.9 Å². The quantitative estimate of drug-likeness (QED) is 0.549. The van der Waals surface area contributed by atoms with Crippen molar-refractivity contribution in [3.8, 4) is 11.4 Å². The Morgan fingerprint density at radius 1 is 1.42 bits per heavy atom. The lowest BCUT2D eigenvalue weighted by Crippen LogP contribution is -2.26. The van der Waals surface area contributed by atoms with Crippen LogP contribution in [-0.4, -0.2) is 32.6 Å². The van der Waals surface area contributed by atoms with E-state index in [2.05, 4.69) is 32.2 Å². The summed E-state index contributed by atoms with van der Waals surface area (Å²) in [5, 5.41) is 9.20. The molecule has 5 nitrogen and oxygen atoms in total. The molecule has 0 aliphatic rings. The Balaban J connectivity index is 1.69. The van der Waals surface area contributed by atoms with Crippen molar-refractivity contribution in [1.29, 1.82) is 0 Å². The molecule has 3 aromatic rings. The molecule has 0 atom stereocenters. The number of carbonyl (C=O) groups is 1. The Kier molecular flexibility index (Phi) is 6.05. The fourth-order valence-electron chi connectivity index (χ4n) is 2.69. The van der Waals surface area contributed by atoms with Crippen molar-refractivity contribution in [3.05, 3.63) is 55.4 Å². The summed E-state index contributed by atoms with van der Waals surface area (Å²) in [6.07, 6.45) is 0.371. The van der Waals surface area contributed by atoms with Gasteiger partial charge in [0.1, 0.15) is 0 Å². The number of amides is 1. The first-order valence-corrected chi connectivity index (χ1v) is 10.2. The van der Waals surface area contributed by atoms with Crippen molar-refractivity contribution in [2.75, 3.05) is 7.05 Å². The van der Waals surface area contributed by atoms with Crippen LogP contribution in [0.4, 0.5) is 0 Å². The van der Waals surface area contributed by atoms with E-state index in [4.69, 9.17) is 12.2 Å². The van der Waals surface area contributed by atoms with Gasteiger partial charge >= 0.3 is 0 Å². The number of rotatable bonds is 6. The third kappa shape index (κ3) is 4.49. The van der Waals surface area contributed by atoms with Crippen molar-refractivity contribution in [2.45, 2.75) is 26.4 Å². The number of aromatic amines is 1. The molecule has 0 bridgehead atoms. The lowest BCUT2D eigenvalue weighted by molar-refractivity contribution is -0.130. The van der Waals surface area contributed by atoms with Crippen LogP contribution < -0.4 is 0 Å². The Hall–Kier alpha value is -1.77. The van der Waals surface area contributed by atoms with Crippen molar-refractivity contribution < 1.29 is 4.79 Å². The largest absolute Gasteiger partial charge is 0.341 e. The number of benzene rings is 1. The first kappa shape index (κ1) is 19.0. The van der Waals surface area contributed by atoms with Gasteiger partial charge in [0.15, 0.2) is 10.6 Å². The van der Waals surface area contributed by atoms with Crippen LogP contribution in [0, 0.1) is 11.7 Å². The fraction of sp³-hybridized carbons (Fsp3) is 0.278. The van der Waals surface area contributed by atoms with Gasteiger partial charge in [0, 0.05) is 40.3 Å². The first-order chi connectivity index (χ1) is 12.4. The average Bonchev–Trinajstić information content (AvgIpc) is 3.18. The van der Waals surface area contributed by atoms with E-state index < -0.39 is 0 Å². The zero-order valence-electron chi connectivity index (χ0n) is 14.5. The molecule has 0 aliphatic carbocycles. The third-order valence-corrected chi connectivity index (χ3v) is 6.02. The number of nitrogens with one attached hydrogen (secondary N) is 1. The molecule has 26 heavy (non-hydrogen) atoms. The van der Waals surface area contributed by atoms with Crippen molar-refractivity contribution in [3.63, 3.8) is 0 Å². The predicted molar refractivity (Wildman–Crippen MR) is 111 cm³/mol. The van der Waals surface area contributed by atoms with E-state index >= 15 is 0 Å². The van der Waals surface area contributed by atoms with Gasteiger partial charge in [0.25, 0.3) is 0 Å². The number of hydrogen-bond donors (Lipinski definition) is 1. The molecule has 0 aliphatic heterocycles. The number of H-pyrrole nitrogens is 1. The molecule has 2 heterocycles. The molecule has 1 amide bonds. The van der Waals surface area contributed by atoms with Crippen LogP contribution in [0.2, 0.25) is 0 Å². The maximum absolute atomic E-state index is 12.5. The molecule has 8 heteroatoms. The molecule has 0 saturated heterocycles. The third-order valence-electron chi connectivity index (χ3n) is 4.02. The van der Waals surface area contributed by atoms with Crippen molar-refractivity contribution in [1.82, 2.24) is 19.7 Å². The highest BCUT2D eigenvalue weighted by Gasteiger charge is 2.14. The molecule has 0 radical (unpaired) electrons. The Labute approximate surface area is 169 Å². The van der Waals surface area contributed by atoms with Crippen molar-refractivity contribution in [2.24, 2.45) is 0 Å². The van der Waals surface area contributed by atoms with Gasteiger partial charge in [0.2, 0.25) is 5.91 Å². The van der Waals surface area contributed by atoms with E-state index in [1.54, 1.807) is 16.2 Å². The normalized spacial score (nSPS) is 10.9. The first-order valence-electron chi connectivity index (χ1n) is 8.13. The molecule has 1 N–H and O–H groups in total. The number of halogens is 1. The number of aryl methyl sites for hydroxylation is 1. The van der Waals surface area contributed by atoms with Crippen molar-refractivity contribution >= 4 is 45.4 Å². The second-order valence-corrected chi connectivity index (χ2v) is 8.40. The number of nitrogens with zero attached hydrogens (tertiary/aromatic N) is 3. The maximum atomic E-state index is 12.5. The summed E-state index contributed by atoms with van der Waals surface area (Å²) in [7, 11) is 1.83. The summed E-state index contributed by atoms with van der Waals surface area (Å²) in [4.78, 5) is 15.4. The minimum Gasteiger partial charge on any atom is -0.341 e. The molecule has 2 aromatic heterocycles. The summed E-state index contributed by atoms with van der Waals surface area (Å²) in [5.41, 5.74) is 2.14. The average molecular weight is 451 g/mol. The van der Waals surface area contributed by atoms with E-state index in [9.17, 15) is 4.79 Å². The van der Waals surface area contributed by atoms with E-state index in [0.717, 1.165) is 26.3 Å². The minimum atomic E-state index is 0.0767. The fourth-order valence-corrected chi connectivity index (χ4v) is 4.41. The lowest BCUT2D eigenvalue weighted by atomic mass is 10.1. The Morgan fingerprint density at radius 2 is 2.23 bits per heavy atom. The van der Waals surface area contributed by atoms with E-state index in [-0.39, 0.29) is 5.91 Å². The van der Waals surface area contributed by atoms with Gasteiger partial charge in [-0.05, 0) is 47.2 Å². The highest BCUT2D eigenvalue weighted by atomic mass is 79.9. The minimum absolute atomic E-state index is 0.0767. The zero-order chi connectivity index (χ0) is 18.7. The monoisotopic (exact) mass is 450 g/mol. The molecular weight excluding hydrogens is 432 g/mol. The predicted octanol–water partition coefficient (Wildman–Crippen LogP) is 4.79. The van der Waals surface area contributed by atoms with Gasteiger partial charge in [-0.25, -0.2) is 0 Å². The summed E-state index contributed by atoms with van der Waals surface area (Å²) < 4.78 is 3.46. The standard InChI is InChI=1S/C18H19BrN4OS2/c1-12-4-3-5-13(8-12)17-20-21-18(25)23(17)7-6-16(24)22(2)10-15-9-14(19)11-26-15/h3-5,8-9,11H,6-7,10H2,1-2H3,(H,21,25). The molecule has 0 spiro atoms. The topological polar surface area (TPSA) is 53.9 Å². The summed E-state index contributed by atoms with van der Waals surface area (Å²) in [6, 6.07) is 10.1. The molecule has 0 unspecified atom stereocenters. The van der Waals surface area contributed by atoms with E-state index in [1.807, 2.05) is 48.2 Å². The summed E-state index contributed by atoms with van der Waals surface area (Å²) in [6.45, 7) is 3.14. The molecule has 1 aromatic carbocycles. The second kappa shape index (κ2) is 8.28. The molecule has 136 valence electrons. The van der Waals surface area contributed by atoms with Gasteiger partial charge in [-0.3, -0.25) is 14.5 Å². The number of carbonyl (C=O) groups excluding carboxylic acids is 1. The smallest absolute Gasteiger partial charge is 0.224 e. The van der Waals surface area contributed by atoms with Crippen LogP contribution in [0.15, 0.2) is 40.2 Å². The van der Waals surface area contributed by atoms with Gasteiger partial charge in [-0.15, -0.1) is 11.3 Å². The summed E-state index contributed by atoms with van der Waals surface area (Å²) in [5.74, 6) is 0.837. The molecule has 0 fully saturated rings. The highest BCUT2D eigenvalue weighted by Crippen LogP contribution is 2.22. The van der Waals surface area contributed by atoms with Gasteiger partial charge < -0.3 is 4.90 Å². The molecular formula is C18H19BrN4OS2. The van der Waals surface area contributed by atoms with Crippen LogP contribution >= 0.6 is 39.5 Å². The number of hydrogen-bond acceptors (Lipinski definition) is 4. The van der Waals surface area contributed by atoms with Crippen LogP contribution in [0.3, 0.4) is 0 Å². The van der Waals surface area contributed by atoms with Crippen LogP contribution in [0.5, 0.6) is 0 Å². The van der Waals surface area contributed by atoms with E-state index in [1.165, 1.54) is 0 Å². The number of thiophene rings is 1.